The Labute approximate surface area is 127 Å². The van der Waals surface area contributed by atoms with Crippen LogP contribution in [-0.4, -0.2) is 44.9 Å². The summed E-state index contributed by atoms with van der Waals surface area (Å²) in [5.74, 6) is -1.47. The third kappa shape index (κ3) is 6.63. The maximum Gasteiger partial charge on any atom is 0.328 e. The van der Waals surface area contributed by atoms with Crippen LogP contribution in [0, 0.1) is 0 Å². The number of carboxylic acid groups (broad SMARTS) is 2. The van der Waals surface area contributed by atoms with Crippen LogP contribution in [0.2, 0.25) is 0 Å². The maximum atomic E-state index is 9.55. The summed E-state index contributed by atoms with van der Waals surface area (Å²) in [6.45, 7) is 2.12. The van der Waals surface area contributed by atoms with Gasteiger partial charge in [0.25, 0.3) is 0 Å². The van der Waals surface area contributed by atoms with Crippen molar-refractivity contribution in [3.63, 3.8) is 0 Å². The summed E-state index contributed by atoms with van der Waals surface area (Å²) in [7, 11) is 0. The zero-order chi connectivity index (χ0) is 15.9. The highest BCUT2D eigenvalue weighted by molar-refractivity contribution is 8.13. The zero-order valence-electron chi connectivity index (χ0n) is 11.8. The molecule has 0 aromatic heterocycles. The van der Waals surface area contributed by atoms with Crippen molar-refractivity contribution in [3.05, 3.63) is 12.2 Å². The second-order valence-electron chi connectivity index (χ2n) is 4.83. The van der Waals surface area contributed by atoms with Gasteiger partial charge in [0.05, 0.1) is 6.10 Å². The van der Waals surface area contributed by atoms with Crippen LogP contribution in [0.3, 0.4) is 0 Å². The number of ether oxygens (including phenoxy) is 1. The predicted molar refractivity (Wildman–Crippen MR) is 80.2 cm³/mol. The third-order valence-electron chi connectivity index (χ3n) is 3.02. The van der Waals surface area contributed by atoms with Gasteiger partial charge in [-0.2, -0.15) is 0 Å². The van der Waals surface area contributed by atoms with Gasteiger partial charge in [-0.15, -0.1) is 0 Å². The number of aliphatic carboxylic acids is 2. The first-order valence-electron chi connectivity index (χ1n) is 6.63. The topological polar surface area (TPSA) is 122 Å². The van der Waals surface area contributed by atoms with Crippen LogP contribution in [0.4, 0.5) is 0 Å². The fourth-order valence-electron chi connectivity index (χ4n) is 2.17. The average Bonchev–Trinajstić information content (AvgIpc) is 2.36. The zero-order valence-corrected chi connectivity index (χ0v) is 12.6. The molecule has 0 bridgehead atoms. The number of carbonyl (C=O) groups is 2. The van der Waals surface area contributed by atoms with Gasteiger partial charge in [-0.25, -0.2) is 14.6 Å². The summed E-state index contributed by atoms with van der Waals surface area (Å²) in [4.78, 5) is 23.6. The number of nitrogens with two attached hydrogens (primary N) is 1. The van der Waals surface area contributed by atoms with Crippen molar-refractivity contribution < 1.29 is 24.5 Å². The van der Waals surface area contributed by atoms with Gasteiger partial charge in [-0.05, 0) is 26.2 Å². The summed E-state index contributed by atoms with van der Waals surface area (Å²) in [6.07, 6.45) is 5.88. The molecule has 1 saturated heterocycles. The number of amidine groups is 1. The molecular formula is C13H20N2O5S. The molecular weight excluding hydrogens is 296 g/mol. The van der Waals surface area contributed by atoms with Crippen molar-refractivity contribution in [1.82, 2.24) is 0 Å². The van der Waals surface area contributed by atoms with Crippen molar-refractivity contribution in [3.8, 4) is 0 Å². The Morgan fingerprint density at radius 1 is 1.38 bits per heavy atom. The lowest BCUT2D eigenvalue weighted by Gasteiger charge is -2.39. The molecule has 0 aromatic rings. The van der Waals surface area contributed by atoms with E-state index >= 15 is 0 Å². The van der Waals surface area contributed by atoms with E-state index in [2.05, 4.69) is 11.9 Å². The Balaban J connectivity index is 0.000000240. The number of thioether (sulfide) groups is 1. The predicted octanol–water partition coefficient (Wildman–Crippen LogP) is 1.44. The molecule has 0 radical (unpaired) electrons. The van der Waals surface area contributed by atoms with Gasteiger partial charge in [0.1, 0.15) is 0 Å². The van der Waals surface area contributed by atoms with E-state index in [-0.39, 0.29) is 5.72 Å². The molecule has 2 heterocycles. The number of rotatable bonds is 2. The minimum atomic E-state index is -1.26. The van der Waals surface area contributed by atoms with E-state index in [9.17, 15) is 9.59 Å². The Bertz CT molecular complexity index is 436. The first-order chi connectivity index (χ1) is 9.83. The van der Waals surface area contributed by atoms with E-state index in [1.54, 1.807) is 11.8 Å². The van der Waals surface area contributed by atoms with Gasteiger partial charge in [0, 0.05) is 24.3 Å². The summed E-state index contributed by atoms with van der Waals surface area (Å²) < 4.78 is 5.90. The number of carboxylic acids is 2. The second kappa shape index (κ2) is 8.04. The first kappa shape index (κ1) is 17.5. The minimum Gasteiger partial charge on any atom is -0.478 e. The Hall–Kier alpha value is -1.54. The molecule has 1 spiro atoms. The molecule has 7 nitrogen and oxygen atoms in total. The van der Waals surface area contributed by atoms with Gasteiger partial charge >= 0.3 is 11.9 Å². The highest BCUT2D eigenvalue weighted by atomic mass is 32.2. The van der Waals surface area contributed by atoms with Crippen LogP contribution < -0.4 is 5.73 Å². The molecule has 2 aliphatic heterocycles. The second-order valence-corrected chi connectivity index (χ2v) is 5.94. The van der Waals surface area contributed by atoms with Crippen LogP contribution in [0.25, 0.3) is 0 Å². The normalized spacial score (nSPS) is 28.6. The van der Waals surface area contributed by atoms with Crippen molar-refractivity contribution in [2.24, 2.45) is 10.7 Å². The summed E-state index contributed by atoms with van der Waals surface area (Å²) in [5.41, 5.74) is 5.46. The largest absolute Gasteiger partial charge is 0.478 e. The SMILES string of the molecule is CC1CCCC2(CCSC(N)=N2)O1.O=C(O)/C=C\C(=O)O. The summed E-state index contributed by atoms with van der Waals surface area (Å²) in [6, 6.07) is 0. The van der Waals surface area contributed by atoms with E-state index < -0.39 is 11.9 Å². The van der Waals surface area contributed by atoms with Crippen LogP contribution in [0.1, 0.15) is 32.6 Å². The fraction of sp³-hybridized carbons (Fsp3) is 0.615. The van der Waals surface area contributed by atoms with Crippen molar-refractivity contribution >= 4 is 28.9 Å². The Morgan fingerprint density at radius 3 is 2.48 bits per heavy atom. The van der Waals surface area contributed by atoms with Crippen molar-refractivity contribution in [2.75, 3.05) is 5.75 Å². The first-order valence-corrected chi connectivity index (χ1v) is 7.61. The highest BCUT2D eigenvalue weighted by Crippen LogP contribution is 2.36. The summed E-state index contributed by atoms with van der Waals surface area (Å²) in [5, 5.41) is 16.3. The van der Waals surface area contributed by atoms with Crippen molar-refractivity contribution in [1.29, 1.82) is 0 Å². The minimum absolute atomic E-state index is 0.257. The number of hydrogen-bond donors (Lipinski definition) is 3. The molecule has 8 heteroatoms. The average molecular weight is 316 g/mol. The number of aliphatic imine (C=N–C) groups is 1. The van der Waals surface area contributed by atoms with E-state index in [0.717, 1.165) is 25.0 Å². The van der Waals surface area contributed by atoms with Gasteiger partial charge in [-0.3, -0.25) is 0 Å². The molecule has 21 heavy (non-hydrogen) atoms. The third-order valence-corrected chi connectivity index (χ3v) is 3.82. The van der Waals surface area contributed by atoms with Crippen LogP contribution in [0.15, 0.2) is 17.1 Å². The molecule has 118 valence electrons. The molecule has 0 aliphatic carbocycles. The lowest BCUT2D eigenvalue weighted by atomic mass is 9.97. The molecule has 2 unspecified atom stereocenters. The van der Waals surface area contributed by atoms with Crippen LogP contribution in [-0.2, 0) is 14.3 Å². The molecule has 0 amide bonds. The van der Waals surface area contributed by atoms with E-state index in [1.807, 2.05) is 0 Å². The smallest absolute Gasteiger partial charge is 0.328 e. The molecule has 4 N–H and O–H groups in total. The Kier molecular flexibility index (Phi) is 6.70. The molecule has 0 saturated carbocycles. The van der Waals surface area contributed by atoms with E-state index in [4.69, 9.17) is 20.7 Å². The molecule has 2 atom stereocenters. The number of nitrogens with zero attached hydrogens (tertiary/aromatic N) is 1. The van der Waals surface area contributed by atoms with E-state index in [0.29, 0.717) is 23.4 Å². The maximum absolute atomic E-state index is 9.55. The van der Waals surface area contributed by atoms with Crippen LogP contribution >= 0.6 is 11.8 Å². The summed E-state index contributed by atoms with van der Waals surface area (Å²) >= 11 is 1.63. The molecule has 2 aliphatic rings. The number of hydrogen-bond acceptors (Lipinski definition) is 6. The molecule has 2 rings (SSSR count). The van der Waals surface area contributed by atoms with Gasteiger partial charge < -0.3 is 20.7 Å². The standard InChI is InChI=1S/C9H16N2OS.C4H4O4/c1-7-3-2-4-9(12-7)5-6-13-8(10)11-9;5-3(6)1-2-4(7)8/h7H,2-6H2,1H3,(H2,10,11);1-2H,(H,5,6)(H,7,8)/b;2-1-. The fourth-order valence-corrected chi connectivity index (χ4v) is 3.03. The lowest BCUT2D eigenvalue weighted by Crippen LogP contribution is -2.42. The van der Waals surface area contributed by atoms with E-state index in [1.165, 1.54) is 6.42 Å². The highest BCUT2D eigenvalue weighted by Gasteiger charge is 2.37. The van der Waals surface area contributed by atoms with Gasteiger partial charge in [0.15, 0.2) is 10.9 Å². The Morgan fingerprint density at radius 2 is 2.00 bits per heavy atom. The molecule has 0 aromatic carbocycles. The van der Waals surface area contributed by atoms with Gasteiger partial charge in [-0.1, -0.05) is 11.8 Å². The lowest BCUT2D eigenvalue weighted by molar-refractivity contribution is -0.134. The molecule has 1 fully saturated rings. The monoisotopic (exact) mass is 316 g/mol. The van der Waals surface area contributed by atoms with Crippen molar-refractivity contribution in [2.45, 2.75) is 44.4 Å². The van der Waals surface area contributed by atoms with Gasteiger partial charge in [0.2, 0.25) is 0 Å². The van der Waals surface area contributed by atoms with Crippen LogP contribution in [0.5, 0.6) is 0 Å². The quantitative estimate of drug-likeness (QED) is 0.659.